The number of ether oxygens (including phenoxy) is 1. The van der Waals surface area contributed by atoms with E-state index in [1.165, 1.54) is 0 Å². The Kier molecular flexibility index (Phi) is 7.31. The third kappa shape index (κ3) is 5.75. The summed E-state index contributed by atoms with van der Waals surface area (Å²) in [4.78, 5) is 46.4. The Morgan fingerprint density at radius 1 is 1.07 bits per heavy atom. The van der Waals surface area contributed by atoms with Gasteiger partial charge in [-0.25, -0.2) is 15.0 Å². The number of thioether (sulfide) groups is 1. The van der Waals surface area contributed by atoms with Gasteiger partial charge in [0.2, 0.25) is 11.9 Å². The molecule has 0 saturated carbocycles. The SMILES string of the molecule is CC1CN(c2nccc(-c3ccc4cnc(CNC(=O)c5ccc6c(c5)SCCC(=O)N6)cc4n3)n2)C[C@H](C)O1. The number of hydrogen-bond acceptors (Lipinski definition) is 9. The fourth-order valence-electron chi connectivity index (χ4n) is 4.91. The topological polar surface area (TPSA) is 122 Å². The van der Waals surface area contributed by atoms with Crippen molar-refractivity contribution in [1.82, 2.24) is 25.3 Å². The van der Waals surface area contributed by atoms with E-state index in [2.05, 4.69) is 39.3 Å². The molecule has 1 fully saturated rings. The van der Waals surface area contributed by atoms with Crippen LogP contribution in [0.4, 0.5) is 11.6 Å². The van der Waals surface area contributed by atoms with Crippen LogP contribution in [-0.4, -0.2) is 62.8 Å². The second-order valence-electron chi connectivity index (χ2n) is 10.0. The standard InChI is InChI=1S/C29H29N7O3S/c1-17-15-36(16-18(2)39-17)29-30-9-7-23(35-29)22-5-4-20-13-31-21(12-25(20)33-22)14-32-28(38)19-3-6-24-26(11-19)40-10-8-27(37)34-24/h3-7,9,11-13,17-18H,8,10,14-16H2,1-2H3,(H,32,38)(H,34,37)/t17-,18?/m0/s1. The minimum absolute atomic E-state index is 0.0101. The Bertz CT molecular complexity index is 1590. The second-order valence-corrected chi connectivity index (χ2v) is 11.1. The molecule has 1 saturated heterocycles. The number of aromatic nitrogens is 4. The lowest BCUT2D eigenvalue weighted by molar-refractivity contribution is -0.115. The molecular formula is C29H29N7O3S. The Morgan fingerprint density at radius 3 is 2.75 bits per heavy atom. The summed E-state index contributed by atoms with van der Waals surface area (Å²) < 4.78 is 5.85. The van der Waals surface area contributed by atoms with E-state index in [4.69, 9.17) is 14.7 Å². The quantitative estimate of drug-likeness (QED) is 0.375. The summed E-state index contributed by atoms with van der Waals surface area (Å²) >= 11 is 1.57. The first-order valence-corrected chi connectivity index (χ1v) is 14.2. The van der Waals surface area contributed by atoms with Crippen LogP contribution >= 0.6 is 11.8 Å². The highest BCUT2D eigenvalue weighted by Crippen LogP contribution is 2.31. The summed E-state index contributed by atoms with van der Waals surface area (Å²) in [6, 6.07) is 13.0. The van der Waals surface area contributed by atoms with Crippen LogP contribution < -0.4 is 15.5 Å². The number of amides is 2. The molecule has 2 amide bonds. The Labute approximate surface area is 236 Å². The molecule has 0 radical (unpaired) electrons. The number of benzene rings is 1. The molecule has 11 heteroatoms. The minimum Gasteiger partial charge on any atom is -0.372 e. The third-order valence-corrected chi connectivity index (χ3v) is 7.83. The van der Waals surface area contributed by atoms with E-state index in [9.17, 15) is 9.59 Å². The number of rotatable bonds is 5. The number of carbonyl (C=O) groups excluding carboxylic acids is 2. The van der Waals surface area contributed by atoms with E-state index in [1.807, 2.05) is 30.3 Å². The summed E-state index contributed by atoms with van der Waals surface area (Å²) in [5.74, 6) is 1.13. The van der Waals surface area contributed by atoms with Crippen LogP contribution in [-0.2, 0) is 16.1 Å². The van der Waals surface area contributed by atoms with E-state index in [1.54, 1.807) is 36.3 Å². The number of morpholine rings is 1. The predicted octanol–water partition coefficient (Wildman–Crippen LogP) is 4.06. The van der Waals surface area contributed by atoms with E-state index in [-0.39, 0.29) is 30.6 Å². The molecule has 2 atom stereocenters. The minimum atomic E-state index is -0.206. The maximum atomic E-state index is 12.9. The van der Waals surface area contributed by atoms with Gasteiger partial charge in [0.25, 0.3) is 5.91 Å². The number of nitrogens with zero attached hydrogens (tertiary/aromatic N) is 5. The van der Waals surface area contributed by atoms with Crippen LogP contribution in [0.1, 0.15) is 36.3 Å². The maximum Gasteiger partial charge on any atom is 0.251 e. The highest BCUT2D eigenvalue weighted by atomic mass is 32.2. The Hall–Kier alpha value is -4.09. The van der Waals surface area contributed by atoms with Crippen molar-refractivity contribution < 1.29 is 14.3 Å². The molecule has 0 aliphatic carbocycles. The van der Waals surface area contributed by atoms with Gasteiger partial charge in [-0.15, -0.1) is 11.8 Å². The van der Waals surface area contributed by atoms with Gasteiger partial charge in [0.1, 0.15) is 0 Å². The Morgan fingerprint density at radius 2 is 1.90 bits per heavy atom. The number of nitrogens with one attached hydrogen (secondary N) is 2. The van der Waals surface area contributed by atoms with Gasteiger partial charge in [-0.3, -0.25) is 14.6 Å². The zero-order chi connectivity index (χ0) is 27.6. The predicted molar refractivity (Wildman–Crippen MR) is 154 cm³/mol. The largest absolute Gasteiger partial charge is 0.372 e. The lowest BCUT2D eigenvalue weighted by Gasteiger charge is -2.35. The third-order valence-electron chi connectivity index (χ3n) is 6.77. The molecule has 204 valence electrons. The van der Waals surface area contributed by atoms with E-state index in [0.717, 1.165) is 46.0 Å². The number of anilines is 2. The van der Waals surface area contributed by atoms with E-state index >= 15 is 0 Å². The zero-order valence-corrected chi connectivity index (χ0v) is 23.1. The van der Waals surface area contributed by atoms with Crippen molar-refractivity contribution in [2.24, 2.45) is 0 Å². The molecular weight excluding hydrogens is 526 g/mol. The normalized spacial score (nSPS) is 19.1. The first-order chi connectivity index (χ1) is 19.4. The number of fused-ring (bicyclic) bond motifs is 2. The van der Waals surface area contributed by atoms with Gasteiger partial charge in [0.15, 0.2) is 0 Å². The number of carbonyl (C=O) groups is 2. The number of pyridine rings is 2. The average molecular weight is 556 g/mol. The van der Waals surface area contributed by atoms with Gasteiger partial charge in [-0.1, -0.05) is 0 Å². The van der Waals surface area contributed by atoms with Crippen molar-refractivity contribution in [3.8, 4) is 11.4 Å². The molecule has 2 aliphatic heterocycles. The molecule has 40 heavy (non-hydrogen) atoms. The summed E-state index contributed by atoms with van der Waals surface area (Å²) in [5.41, 5.74) is 4.22. The highest BCUT2D eigenvalue weighted by molar-refractivity contribution is 7.99. The second kappa shape index (κ2) is 11.2. The van der Waals surface area contributed by atoms with Gasteiger partial charge >= 0.3 is 0 Å². The molecule has 2 N–H and O–H groups in total. The number of hydrogen-bond donors (Lipinski definition) is 2. The smallest absolute Gasteiger partial charge is 0.251 e. The van der Waals surface area contributed by atoms with E-state index in [0.29, 0.717) is 29.4 Å². The zero-order valence-electron chi connectivity index (χ0n) is 22.3. The van der Waals surface area contributed by atoms with Crippen LogP contribution in [0.5, 0.6) is 0 Å². The van der Waals surface area contributed by atoms with Crippen LogP contribution in [0, 0.1) is 0 Å². The molecule has 4 aromatic rings. The van der Waals surface area contributed by atoms with Gasteiger partial charge < -0.3 is 20.3 Å². The molecule has 0 bridgehead atoms. The van der Waals surface area contributed by atoms with Crippen molar-refractivity contribution in [2.75, 3.05) is 29.1 Å². The average Bonchev–Trinajstić information content (AvgIpc) is 3.15. The van der Waals surface area contributed by atoms with Crippen molar-refractivity contribution >= 4 is 46.1 Å². The molecule has 6 rings (SSSR count). The van der Waals surface area contributed by atoms with Gasteiger partial charge in [-0.2, -0.15) is 0 Å². The van der Waals surface area contributed by atoms with E-state index < -0.39 is 0 Å². The lowest BCUT2D eigenvalue weighted by Crippen LogP contribution is -2.46. The highest BCUT2D eigenvalue weighted by Gasteiger charge is 2.24. The maximum absolute atomic E-state index is 12.9. The van der Waals surface area contributed by atoms with Crippen molar-refractivity contribution in [3.63, 3.8) is 0 Å². The van der Waals surface area contributed by atoms with Crippen molar-refractivity contribution in [2.45, 2.75) is 43.9 Å². The summed E-state index contributed by atoms with van der Waals surface area (Å²) in [7, 11) is 0. The summed E-state index contributed by atoms with van der Waals surface area (Å²) in [6.45, 7) is 5.84. The van der Waals surface area contributed by atoms with Crippen molar-refractivity contribution in [3.05, 3.63) is 66.1 Å². The summed E-state index contributed by atoms with van der Waals surface area (Å²) in [5, 5.41) is 6.72. The lowest BCUT2D eigenvalue weighted by atomic mass is 10.1. The van der Waals surface area contributed by atoms with Crippen LogP contribution in [0.15, 0.2) is 59.8 Å². The molecule has 5 heterocycles. The van der Waals surface area contributed by atoms with Gasteiger partial charge in [-0.05, 0) is 56.3 Å². The monoisotopic (exact) mass is 555 g/mol. The molecule has 1 aromatic carbocycles. The molecule has 0 spiro atoms. The first-order valence-electron chi connectivity index (χ1n) is 13.3. The van der Waals surface area contributed by atoms with Gasteiger partial charge in [0.05, 0.1) is 47.0 Å². The first kappa shape index (κ1) is 26.1. The summed E-state index contributed by atoms with van der Waals surface area (Å²) in [6.07, 6.45) is 4.20. The molecule has 1 unspecified atom stereocenters. The van der Waals surface area contributed by atoms with Crippen molar-refractivity contribution in [1.29, 1.82) is 0 Å². The van der Waals surface area contributed by atoms with Crippen LogP contribution in [0.3, 0.4) is 0 Å². The van der Waals surface area contributed by atoms with Crippen LogP contribution in [0.2, 0.25) is 0 Å². The fraction of sp³-hybridized carbons (Fsp3) is 0.310. The molecule has 3 aromatic heterocycles. The fourth-order valence-corrected chi connectivity index (χ4v) is 5.90. The molecule has 10 nitrogen and oxygen atoms in total. The molecule has 2 aliphatic rings. The Balaban J connectivity index is 1.17. The van der Waals surface area contributed by atoms with Gasteiger partial charge in [0, 0.05) is 53.5 Å². The van der Waals surface area contributed by atoms with Crippen LogP contribution in [0.25, 0.3) is 22.3 Å².